The molecular formula is C20H30N2O2. The standard InChI is InChI=1S/C20H30N2O2/c1-4-22(5-2)19-8-10-21(11-9-19)15-18-14-17(7-6-12-23)13-16(3)20(18)24/h13-14,19,23-24H,4-5,8-12,15H2,1-3H3. The zero-order chi connectivity index (χ0) is 17.5. The minimum atomic E-state index is -0.145. The van der Waals surface area contributed by atoms with Gasteiger partial charge in [0.2, 0.25) is 0 Å². The highest BCUT2D eigenvalue weighted by Crippen LogP contribution is 2.26. The second kappa shape index (κ2) is 9.08. The summed E-state index contributed by atoms with van der Waals surface area (Å²) in [7, 11) is 0. The molecule has 1 heterocycles. The van der Waals surface area contributed by atoms with Gasteiger partial charge in [-0.15, -0.1) is 0 Å². The van der Waals surface area contributed by atoms with Gasteiger partial charge in [0, 0.05) is 23.7 Å². The predicted octanol–water partition coefficient (Wildman–Crippen LogP) is 2.35. The van der Waals surface area contributed by atoms with Gasteiger partial charge in [-0.3, -0.25) is 4.90 Å². The number of rotatable bonds is 5. The minimum Gasteiger partial charge on any atom is -0.507 e. The molecule has 1 aromatic rings. The molecule has 0 atom stereocenters. The summed E-state index contributed by atoms with van der Waals surface area (Å²) in [5, 5.41) is 19.2. The normalized spacial score (nSPS) is 16.2. The fourth-order valence-electron chi connectivity index (χ4n) is 3.61. The van der Waals surface area contributed by atoms with E-state index in [0.29, 0.717) is 11.8 Å². The lowest BCUT2D eigenvalue weighted by atomic mass is 10.0. The Morgan fingerprint density at radius 2 is 1.88 bits per heavy atom. The largest absolute Gasteiger partial charge is 0.507 e. The molecule has 4 heteroatoms. The molecule has 1 aromatic carbocycles. The average molecular weight is 330 g/mol. The van der Waals surface area contributed by atoms with Gasteiger partial charge in [-0.05, 0) is 63.6 Å². The van der Waals surface area contributed by atoms with Crippen LogP contribution >= 0.6 is 0 Å². The molecule has 2 N–H and O–H groups in total. The molecule has 1 fully saturated rings. The van der Waals surface area contributed by atoms with Crippen molar-refractivity contribution in [2.75, 3.05) is 32.8 Å². The number of aromatic hydroxyl groups is 1. The zero-order valence-corrected chi connectivity index (χ0v) is 15.2. The van der Waals surface area contributed by atoms with Crippen molar-refractivity contribution in [1.82, 2.24) is 9.80 Å². The fraction of sp³-hybridized carbons (Fsp3) is 0.600. The monoisotopic (exact) mass is 330 g/mol. The van der Waals surface area contributed by atoms with Crippen molar-refractivity contribution < 1.29 is 10.2 Å². The van der Waals surface area contributed by atoms with E-state index in [0.717, 1.165) is 49.4 Å². The molecule has 0 saturated carbocycles. The molecule has 24 heavy (non-hydrogen) atoms. The first-order valence-electron chi connectivity index (χ1n) is 8.97. The van der Waals surface area contributed by atoms with Gasteiger partial charge in [0.15, 0.2) is 0 Å². The number of hydrogen-bond acceptors (Lipinski definition) is 4. The van der Waals surface area contributed by atoms with E-state index in [9.17, 15) is 5.11 Å². The van der Waals surface area contributed by atoms with Crippen molar-refractivity contribution in [3.63, 3.8) is 0 Å². The molecule has 0 unspecified atom stereocenters. The van der Waals surface area contributed by atoms with Crippen LogP contribution in [-0.2, 0) is 6.54 Å². The van der Waals surface area contributed by atoms with Crippen LogP contribution in [0.2, 0.25) is 0 Å². The molecule has 0 spiro atoms. The maximum Gasteiger partial charge on any atom is 0.123 e. The minimum absolute atomic E-state index is 0.145. The summed E-state index contributed by atoms with van der Waals surface area (Å²) in [6.07, 6.45) is 2.37. The van der Waals surface area contributed by atoms with Crippen LogP contribution in [0.3, 0.4) is 0 Å². The first-order chi connectivity index (χ1) is 11.6. The van der Waals surface area contributed by atoms with Crippen LogP contribution in [0.4, 0.5) is 0 Å². The highest BCUT2D eigenvalue weighted by atomic mass is 16.3. The van der Waals surface area contributed by atoms with Crippen molar-refractivity contribution >= 4 is 0 Å². The third-order valence-electron chi connectivity index (χ3n) is 4.97. The highest BCUT2D eigenvalue weighted by Gasteiger charge is 2.23. The Labute approximate surface area is 146 Å². The number of aryl methyl sites for hydroxylation is 1. The molecule has 0 aromatic heterocycles. The number of phenols is 1. The molecular weight excluding hydrogens is 300 g/mol. The quantitative estimate of drug-likeness (QED) is 0.814. The Morgan fingerprint density at radius 1 is 1.21 bits per heavy atom. The van der Waals surface area contributed by atoms with E-state index in [1.54, 1.807) is 0 Å². The van der Waals surface area contributed by atoms with Crippen molar-refractivity contribution in [2.45, 2.75) is 46.2 Å². The number of nitrogens with zero attached hydrogens (tertiary/aromatic N) is 2. The third kappa shape index (κ3) is 4.73. The Balaban J connectivity index is 2.03. The first kappa shape index (κ1) is 18.8. The summed E-state index contributed by atoms with van der Waals surface area (Å²) in [5.41, 5.74) is 2.62. The van der Waals surface area contributed by atoms with Crippen LogP contribution in [0.15, 0.2) is 12.1 Å². The molecule has 0 aliphatic carbocycles. The summed E-state index contributed by atoms with van der Waals surface area (Å²) < 4.78 is 0. The smallest absolute Gasteiger partial charge is 0.123 e. The lowest BCUT2D eigenvalue weighted by Crippen LogP contribution is -2.44. The second-order valence-electron chi connectivity index (χ2n) is 6.49. The second-order valence-corrected chi connectivity index (χ2v) is 6.49. The summed E-state index contributed by atoms with van der Waals surface area (Å²) in [6, 6.07) is 4.50. The van der Waals surface area contributed by atoms with Crippen molar-refractivity contribution in [3.8, 4) is 17.6 Å². The highest BCUT2D eigenvalue weighted by molar-refractivity contribution is 5.48. The molecule has 0 amide bonds. The number of hydrogen-bond donors (Lipinski definition) is 2. The van der Waals surface area contributed by atoms with Crippen LogP contribution in [0.25, 0.3) is 0 Å². The summed E-state index contributed by atoms with van der Waals surface area (Å²) in [5.74, 6) is 5.99. The van der Waals surface area contributed by atoms with E-state index < -0.39 is 0 Å². The van der Waals surface area contributed by atoms with Crippen LogP contribution in [0.5, 0.6) is 5.75 Å². The summed E-state index contributed by atoms with van der Waals surface area (Å²) >= 11 is 0. The Kier molecular flexibility index (Phi) is 7.11. The van der Waals surface area contributed by atoms with Gasteiger partial charge in [-0.1, -0.05) is 25.7 Å². The van der Waals surface area contributed by atoms with Crippen molar-refractivity contribution in [2.24, 2.45) is 0 Å². The number of aliphatic hydroxyl groups is 1. The molecule has 4 nitrogen and oxygen atoms in total. The van der Waals surface area contributed by atoms with E-state index in [1.165, 1.54) is 12.8 Å². The SMILES string of the molecule is CCN(CC)C1CCN(Cc2cc(C#CCO)cc(C)c2O)CC1. The Hall–Kier alpha value is -1.54. The first-order valence-corrected chi connectivity index (χ1v) is 8.97. The molecule has 1 aliphatic rings. The van der Waals surface area contributed by atoms with Gasteiger partial charge in [-0.25, -0.2) is 0 Å². The van der Waals surface area contributed by atoms with Crippen LogP contribution in [0.1, 0.15) is 43.4 Å². The summed E-state index contributed by atoms with van der Waals surface area (Å²) in [4.78, 5) is 4.96. The molecule has 0 bridgehead atoms. The summed E-state index contributed by atoms with van der Waals surface area (Å²) in [6.45, 7) is 11.3. The molecule has 0 radical (unpaired) electrons. The Bertz CT molecular complexity index is 592. The van der Waals surface area contributed by atoms with Crippen LogP contribution in [-0.4, -0.2) is 58.8 Å². The van der Waals surface area contributed by atoms with E-state index >= 15 is 0 Å². The van der Waals surface area contributed by atoms with E-state index in [-0.39, 0.29) is 6.61 Å². The number of benzene rings is 1. The van der Waals surface area contributed by atoms with E-state index in [2.05, 4.69) is 35.5 Å². The van der Waals surface area contributed by atoms with Crippen LogP contribution < -0.4 is 0 Å². The van der Waals surface area contributed by atoms with E-state index in [1.807, 2.05) is 19.1 Å². The van der Waals surface area contributed by atoms with Crippen molar-refractivity contribution in [1.29, 1.82) is 0 Å². The van der Waals surface area contributed by atoms with Gasteiger partial charge in [-0.2, -0.15) is 0 Å². The maximum atomic E-state index is 10.4. The number of aliphatic hydroxyl groups excluding tert-OH is 1. The number of likely N-dealkylation sites (tertiary alicyclic amines) is 1. The lowest BCUT2D eigenvalue weighted by Gasteiger charge is -2.37. The fourth-order valence-corrected chi connectivity index (χ4v) is 3.61. The number of phenolic OH excluding ortho intramolecular Hbond substituents is 1. The lowest BCUT2D eigenvalue weighted by molar-refractivity contribution is 0.112. The molecule has 1 aliphatic heterocycles. The van der Waals surface area contributed by atoms with Crippen molar-refractivity contribution in [3.05, 3.63) is 28.8 Å². The molecule has 1 saturated heterocycles. The molecule has 132 valence electrons. The van der Waals surface area contributed by atoms with Gasteiger partial charge < -0.3 is 15.1 Å². The predicted molar refractivity (Wildman–Crippen MR) is 98.0 cm³/mol. The number of piperidine rings is 1. The van der Waals surface area contributed by atoms with Gasteiger partial charge in [0.05, 0.1) is 0 Å². The van der Waals surface area contributed by atoms with Gasteiger partial charge in [0.1, 0.15) is 12.4 Å². The molecule has 2 rings (SSSR count). The maximum absolute atomic E-state index is 10.4. The van der Waals surface area contributed by atoms with E-state index in [4.69, 9.17) is 5.11 Å². The zero-order valence-electron chi connectivity index (χ0n) is 15.2. The van der Waals surface area contributed by atoms with Crippen LogP contribution in [0, 0.1) is 18.8 Å². The van der Waals surface area contributed by atoms with Gasteiger partial charge >= 0.3 is 0 Å². The third-order valence-corrected chi connectivity index (χ3v) is 4.97. The Morgan fingerprint density at radius 3 is 2.46 bits per heavy atom. The van der Waals surface area contributed by atoms with Gasteiger partial charge in [0.25, 0.3) is 0 Å². The topological polar surface area (TPSA) is 46.9 Å². The average Bonchev–Trinajstić information content (AvgIpc) is 2.59.